The van der Waals surface area contributed by atoms with Crippen molar-refractivity contribution in [1.29, 1.82) is 0 Å². The van der Waals surface area contributed by atoms with Crippen LogP contribution in [0.3, 0.4) is 0 Å². The van der Waals surface area contributed by atoms with Crippen LogP contribution < -0.4 is 10.3 Å². The van der Waals surface area contributed by atoms with Crippen molar-refractivity contribution in [1.82, 2.24) is 9.66 Å². The van der Waals surface area contributed by atoms with Gasteiger partial charge in [-0.05, 0) is 43.3 Å². The predicted molar refractivity (Wildman–Crippen MR) is 139 cm³/mol. The van der Waals surface area contributed by atoms with Gasteiger partial charge in [0, 0.05) is 17.0 Å². The van der Waals surface area contributed by atoms with E-state index in [1.807, 2.05) is 18.2 Å². The molecule has 0 radical (unpaired) electrons. The van der Waals surface area contributed by atoms with Crippen LogP contribution in [0.15, 0.2) is 87.1 Å². The maximum Gasteiger partial charge on any atom is 0.344 e. The van der Waals surface area contributed by atoms with Crippen LogP contribution in [0.4, 0.5) is 5.69 Å². The van der Waals surface area contributed by atoms with Crippen molar-refractivity contribution in [2.45, 2.75) is 6.92 Å². The average molecular weight is 512 g/mol. The number of rotatable bonds is 8. The third-order valence-electron chi connectivity index (χ3n) is 5.55. The summed E-state index contributed by atoms with van der Waals surface area (Å²) < 4.78 is 17.1. The van der Waals surface area contributed by atoms with Gasteiger partial charge in [-0.15, -0.1) is 0 Å². The third-order valence-corrected chi connectivity index (χ3v) is 5.55. The van der Waals surface area contributed by atoms with E-state index in [1.165, 1.54) is 24.4 Å². The molecule has 11 heteroatoms. The second-order valence-corrected chi connectivity index (χ2v) is 8.04. The zero-order chi connectivity index (χ0) is 26.6. The van der Waals surface area contributed by atoms with Crippen LogP contribution >= 0.6 is 0 Å². The second-order valence-electron chi connectivity index (χ2n) is 8.04. The van der Waals surface area contributed by atoms with Gasteiger partial charge in [-0.3, -0.25) is 14.9 Å². The van der Waals surface area contributed by atoms with Gasteiger partial charge in [0.25, 0.3) is 5.56 Å². The number of fused-ring (bicyclic) bond motifs is 2. The van der Waals surface area contributed by atoms with Crippen LogP contribution in [0.2, 0.25) is 0 Å². The smallest absolute Gasteiger partial charge is 0.344 e. The lowest BCUT2D eigenvalue weighted by molar-refractivity contribution is -0.385. The fraction of sp³-hybridized carbons (Fsp3) is 0.111. The summed E-state index contributed by atoms with van der Waals surface area (Å²) in [5.74, 6) is -0.244. The Balaban J connectivity index is 1.56. The van der Waals surface area contributed by atoms with Gasteiger partial charge in [0.05, 0.1) is 28.6 Å². The van der Waals surface area contributed by atoms with Gasteiger partial charge in [-0.1, -0.05) is 30.3 Å². The molecule has 0 aliphatic carbocycles. The minimum atomic E-state index is -0.645. The number of nitrogens with zero attached hydrogens (tertiary/aromatic N) is 4. The molecule has 0 N–H and O–H groups in total. The number of nitro groups is 1. The molecule has 38 heavy (non-hydrogen) atoms. The van der Waals surface area contributed by atoms with E-state index in [2.05, 4.69) is 10.1 Å². The van der Waals surface area contributed by atoms with Gasteiger partial charge in [-0.2, -0.15) is 9.78 Å². The van der Waals surface area contributed by atoms with Gasteiger partial charge >= 0.3 is 11.7 Å². The summed E-state index contributed by atoms with van der Waals surface area (Å²) in [6, 6.07) is 20.1. The molecule has 0 aliphatic heterocycles. The Labute approximate surface area is 214 Å². The van der Waals surface area contributed by atoms with Gasteiger partial charge in [0.15, 0.2) is 18.1 Å². The topological polar surface area (TPSA) is 139 Å². The first-order valence-corrected chi connectivity index (χ1v) is 11.6. The van der Waals surface area contributed by atoms with E-state index in [0.29, 0.717) is 27.8 Å². The summed E-state index contributed by atoms with van der Waals surface area (Å²) in [6.07, 6.45) is 1.30. The third kappa shape index (κ3) is 4.85. The molecule has 0 atom stereocenters. The Kier molecular flexibility index (Phi) is 6.64. The number of nitro benzene ring substituents is 1. The molecule has 0 aliphatic rings. The predicted octanol–water partition coefficient (Wildman–Crippen LogP) is 4.54. The summed E-state index contributed by atoms with van der Waals surface area (Å²) in [6.45, 7) is 1.34. The Morgan fingerprint density at radius 2 is 1.92 bits per heavy atom. The number of hydrogen-bond donors (Lipinski definition) is 0. The van der Waals surface area contributed by atoms with E-state index in [-0.39, 0.29) is 23.9 Å². The van der Waals surface area contributed by atoms with Crippen molar-refractivity contribution in [3.63, 3.8) is 0 Å². The van der Waals surface area contributed by atoms with Crippen molar-refractivity contribution < 1.29 is 23.6 Å². The largest absolute Gasteiger partial charge is 0.475 e. The highest BCUT2D eigenvalue weighted by atomic mass is 16.6. The van der Waals surface area contributed by atoms with Crippen LogP contribution in [-0.4, -0.2) is 40.0 Å². The number of aromatic nitrogens is 2. The number of carbonyl (C=O) groups excluding carboxylic acids is 1. The highest BCUT2D eigenvalue weighted by molar-refractivity contribution is 5.85. The van der Waals surface area contributed by atoms with Gasteiger partial charge < -0.3 is 13.9 Å². The number of ether oxygens (including phenoxy) is 2. The SMILES string of the molecule is CCOC(=O)COc1ccc(C=Nn2c(-c3cc4ccccc4o3)nc3ccccc3c2=O)cc1[N+](=O)[O-]. The standard InChI is InChI=1S/C27H20N4O7/c1-2-36-25(32)16-37-23-12-11-17(13-21(23)31(34)35)15-28-30-26(24-14-18-7-3-6-10-22(18)38-24)29-20-9-5-4-8-19(20)27(30)33/h3-15H,2,16H2,1H3. The van der Waals surface area contributed by atoms with Crippen LogP contribution in [0.1, 0.15) is 12.5 Å². The monoisotopic (exact) mass is 512 g/mol. The van der Waals surface area contributed by atoms with E-state index in [9.17, 15) is 19.7 Å². The van der Waals surface area contributed by atoms with Crippen molar-refractivity contribution in [3.8, 4) is 17.3 Å². The molecule has 3 aromatic carbocycles. The lowest BCUT2D eigenvalue weighted by Crippen LogP contribution is -2.20. The lowest BCUT2D eigenvalue weighted by atomic mass is 10.2. The number of esters is 1. The van der Waals surface area contributed by atoms with Crippen molar-refractivity contribution >= 4 is 39.7 Å². The van der Waals surface area contributed by atoms with Crippen LogP contribution in [-0.2, 0) is 9.53 Å². The number of para-hydroxylation sites is 2. The molecule has 0 bridgehead atoms. The van der Waals surface area contributed by atoms with Gasteiger partial charge in [0.2, 0.25) is 5.82 Å². The Morgan fingerprint density at radius 3 is 2.71 bits per heavy atom. The summed E-state index contributed by atoms with van der Waals surface area (Å²) >= 11 is 0. The number of benzene rings is 3. The van der Waals surface area contributed by atoms with Crippen molar-refractivity contribution in [2.24, 2.45) is 5.10 Å². The minimum absolute atomic E-state index is 0.104. The maximum atomic E-state index is 13.4. The van der Waals surface area contributed by atoms with E-state index in [1.54, 1.807) is 43.3 Å². The first-order valence-electron chi connectivity index (χ1n) is 11.6. The first kappa shape index (κ1) is 24.4. The Hall–Kier alpha value is -5.32. The summed E-state index contributed by atoms with van der Waals surface area (Å²) in [4.78, 5) is 40.6. The average Bonchev–Trinajstić information content (AvgIpc) is 3.36. The van der Waals surface area contributed by atoms with E-state index < -0.39 is 23.1 Å². The molecular formula is C27H20N4O7. The fourth-order valence-corrected chi connectivity index (χ4v) is 3.83. The fourth-order valence-electron chi connectivity index (χ4n) is 3.83. The van der Waals surface area contributed by atoms with Crippen LogP contribution in [0.25, 0.3) is 33.5 Å². The number of furan rings is 1. The normalized spacial score (nSPS) is 11.3. The summed E-state index contributed by atoms with van der Waals surface area (Å²) in [5.41, 5.74) is 0.592. The van der Waals surface area contributed by atoms with E-state index in [0.717, 1.165) is 10.1 Å². The summed E-state index contributed by atoms with van der Waals surface area (Å²) in [7, 11) is 0. The number of carbonyl (C=O) groups is 1. The van der Waals surface area contributed by atoms with Crippen LogP contribution in [0.5, 0.6) is 5.75 Å². The number of hydrogen-bond acceptors (Lipinski definition) is 9. The molecule has 2 heterocycles. The van der Waals surface area contributed by atoms with Crippen LogP contribution in [0, 0.1) is 10.1 Å². The highest BCUT2D eigenvalue weighted by Gasteiger charge is 2.19. The molecule has 0 spiro atoms. The second kappa shape index (κ2) is 10.3. The van der Waals surface area contributed by atoms with E-state index in [4.69, 9.17) is 13.9 Å². The van der Waals surface area contributed by atoms with Crippen molar-refractivity contribution in [3.05, 3.63) is 98.8 Å². The molecular weight excluding hydrogens is 492 g/mol. The molecule has 2 aromatic heterocycles. The molecule has 0 saturated heterocycles. The minimum Gasteiger partial charge on any atom is -0.475 e. The highest BCUT2D eigenvalue weighted by Crippen LogP contribution is 2.29. The first-order chi connectivity index (χ1) is 18.4. The zero-order valence-electron chi connectivity index (χ0n) is 20.1. The Bertz CT molecular complexity index is 1740. The quantitative estimate of drug-likeness (QED) is 0.128. The van der Waals surface area contributed by atoms with Gasteiger partial charge in [0.1, 0.15) is 5.58 Å². The molecule has 190 valence electrons. The van der Waals surface area contributed by atoms with E-state index >= 15 is 0 Å². The van der Waals surface area contributed by atoms with Crippen molar-refractivity contribution in [2.75, 3.05) is 13.2 Å². The maximum absolute atomic E-state index is 13.4. The molecule has 5 aromatic rings. The molecule has 0 amide bonds. The molecule has 11 nitrogen and oxygen atoms in total. The Morgan fingerprint density at radius 1 is 1.13 bits per heavy atom. The molecule has 0 fully saturated rings. The summed E-state index contributed by atoms with van der Waals surface area (Å²) in [5, 5.41) is 17.1. The van der Waals surface area contributed by atoms with Gasteiger partial charge in [-0.25, -0.2) is 9.78 Å². The zero-order valence-corrected chi connectivity index (χ0v) is 20.1. The molecule has 5 rings (SSSR count). The molecule has 0 saturated carbocycles. The molecule has 0 unspecified atom stereocenters. The lowest BCUT2D eigenvalue weighted by Gasteiger charge is -2.08.